The molecule has 0 bridgehead atoms. The fourth-order valence-corrected chi connectivity index (χ4v) is 4.61. The quantitative estimate of drug-likeness (QED) is 0.737. The molecule has 0 aromatic carbocycles. The van der Waals surface area contributed by atoms with E-state index in [1.54, 1.807) is 11.3 Å². The van der Waals surface area contributed by atoms with E-state index in [4.69, 9.17) is 5.11 Å². The zero-order valence-corrected chi connectivity index (χ0v) is 12.5. The van der Waals surface area contributed by atoms with E-state index in [0.717, 1.165) is 4.88 Å². The summed E-state index contributed by atoms with van der Waals surface area (Å²) in [6.45, 7) is 0.125. The summed E-state index contributed by atoms with van der Waals surface area (Å²) in [6.07, 6.45) is 0. The third-order valence-electron chi connectivity index (χ3n) is 2.97. The van der Waals surface area contributed by atoms with E-state index < -0.39 is 0 Å². The van der Waals surface area contributed by atoms with Crippen LogP contribution in [-0.4, -0.2) is 24.2 Å². The van der Waals surface area contributed by atoms with Gasteiger partial charge in [0.2, 0.25) is 0 Å². The number of aliphatic hydroxyl groups is 1. The minimum atomic E-state index is 0.125. The van der Waals surface area contributed by atoms with Crippen LogP contribution in [0.25, 0.3) is 20.7 Å². The van der Waals surface area contributed by atoms with E-state index in [1.165, 1.54) is 20.7 Å². The van der Waals surface area contributed by atoms with E-state index in [-0.39, 0.29) is 6.61 Å². The van der Waals surface area contributed by atoms with Gasteiger partial charge in [-0.15, -0.1) is 0 Å². The Morgan fingerprint density at radius 2 is 2.00 bits per heavy atom. The molecule has 0 radical (unpaired) electrons. The average Bonchev–Trinajstić information content (AvgIpc) is 3.07. The monoisotopic (exact) mass is 323 g/mol. The van der Waals surface area contributed by atoms with Gasteiger partial charge in [0.25, 0.3) is 0 Å². The molecule has 0 amide bonds. The van der Waals surface area contributed by atoms with Gasteiger partial charge in [-0.2, -0.15) is 0 Å². The first-order valence-corrected chi connectivity index (χ1v) is 8.35. The Labute approximate surface area is 116 Å². The SMILES string of the molecule is Cn1c(-c2ccc(CO)s2)ccc1-c1ccc[se]1. The first kappa shape index (κ1) is 12.0. The molecule has 1 N–H and O–H groups in total. The number of thiophene rings is 1. The molecule has 0 aliphatic carbocycles. The van der Waals surface area contributed by atoms with Gasteiger partial charge in [0.15, 0.2) is 0 Å². The number of rotatable bonds is 3. The van der Waals surface area contributed by atoms with Crippen LogP contribution in [0.4, 0.5) is 0 Å². The van der Waals surface area contributed by atoms with Crippen LogP contribution >= 0.6 is 11.3 Å². The second-order valence-electron chi connectivity index (χ2n) is 4.06. The molecule has 0 aliphatic rings. The molecule has 3 rings (SSSR count). The fourth-order valence-electron chi connectivity index (χ4n) is 2.03. The molecule has 0 fully saturated rings. The van der Waals surface area contributed by atoms with Crippen molar-refractivity contribution < 1.29 is 5.11 Å². The Hall–Kier alpha value is -1.06. The molecule has 92 valence electrons. The van der Waals surface area contributed by atoms with Gasteiger partial charge < -0.3 is 0 Å². The van der Waals surface area contributed by atoms with E-state index in [9.17, 15) is 0 Å². The van der Waals surface area contributed by atoms with Gasteiger partial charge >= 0.3 is 116 Å². The Morgan fingerprint density at radius 3 is 2.67 bits per heavy atom. The molecule has 18 heavy (non-hydrogen) atoms. The van der Waals surface area contributed by atoms with Gasteiger partial charge in [0.05, 0.1) is 0 Å². The van der Waals surface area contributed by atoms with Crippen LogP contribution < -0.4 is 0 Å². The second kappa shape index (κ2) is 4.90. The Balaban J connectivity index is 2.04. The fraction of sp³-hybridized carbons (Fsp3) is 0.143. The van der Waals surface area contributed by atoms with Gasteiger partial charge in [-0.1, -0.05) is 0 Å². The Kier molecular flexibility index (Phi) is 3.27. The predicted octanol–water partition coefficient (Wildman–Crippen LogP) is 2.97. The standard InChI is InChI=1S/C14H13NOSSe/c1-15-11(13-7-4-10(9-16)17-13)5-6-12(15)14-3-2-8-18-14/h2-8,16H,9H2,1H3. The van der Waals surface area contributed by atoms with Gasteiger partial charge in [-0.05, 0) is 0 Å². The summed E-state index contributed by atoms with van der Waals surface area (Å²) in [5, 5.41) is 9.13. The third-order valence-corrected chi connectivity index (χ3v) is 5.93. The molecule has 3 aromatic rings. The first-order chi connectivity index (χ1) is 8.79. The molecule has 0 unspecified atom stereocenters. The van der Waals surface area contributed by atoms with Crippen LogP contribution in [0.3, 0.4) is 0 Å². The summed E-state index contributed by atoms with van der Waals surface area (Å²) < 4.78 is 3.67. The van der Waals surface area contributed by atoms with Crippen molar-refractivity contribution in [2.24, 2.45) is 7.05 Å². The summed E-state index contributed by atoms with van der Waals surface area (Å²) in [6, 6.07) is 12.8. The molecular weight excluding hydrogens is 309 g/mol. The predicted molar refractivity (Wildman–Crippen MR) is 77.0 cm³/mol. The zero-order valence-electron chi connectivity index (χ0n) is 9.96. The van der Waals surface area contributed by atoms with Crippen LogP contribution in [0.5, 0.6) is 0 Å². The van der Waals surface area contributed by atoms with Gasteiger partial charge in [0, 0.05) is 0 Å². The summed E-state index contributed by atoms with van der Waals surface area (Å²) in [4.78, 5) is 4.47. The van der Waals surface area contributed by atoms with Crippen molar-refractivity contribution in [3.8, 4) is 20.7 Å². The normalized spacial score (nSPS) is 11.0. The number of aliphatic hydroxyl groups excluding tert-OH is 1. The summed E-state index contributed by atoms with van der Waals surface area (Å²) >= 11 is 2.12. The van der Waals surface area contributed by atoms with Crippen molar-refractivity contribution in [2.45, 2.75) is 6.61 Å². The molecule has 0 spiro atoms. The van der Waals surface area contributed by atoms with Crippen molar-refractivity contribution >= 4 is 25.8 Å². The van der Waals surface area contributed by atoms with E-state index >= 15 is 0 Å². The number of aromatic nitrogens is 1. The second-order valence-corrected chi connectivity index (χ2v) is 7.22. The van der Waals surface area contributed by atoms with Crippen LogP contribution in [0, 0.1) is 0 Å². The van der Waals surface area contributed by atoms with Crippen molar-refractivity contribution in [1.29, 1.82) is 0 Å². The van der Waals surface area contributed by atoms with E-state index in [2.05, 4.69) is 46.9 Å². The zero-order chi connectivity index (χ0) is 12.5. The van der Waals surface area contributed by atoms with Crippen LogP contribution in [0.15, 0.2) is 41.3 Å². The molecule has 0 saturated carbocycles. The molecule has 0 atom stereocenters. The topological polar surface area (TPSA) is 25.2 Å². The van der Waals surface area contributed by atoms with Crippen molar-refractivity contribution in [1.82, 2.24) is 4.57 Å². The van der Waals surface area contributed by atoms with Gasteiger partial charge in [0.1, 0.15) is 0 Å². The van der Waals surface area contributed by atoms with Crippen molar-refractivity contribution in [3.05, 3.63) is 46.2 Å². The minimum absolute atomic E-state index is 0.125. The van der Waals surface area contributed by atoms with Crippen LogP contribution in [0.2, 0.25) is 0 Å². The maximum atomic E-state index is 9.13. The number of hydrogen-bond donors (Lipinski definition) is 1. The average molecular weight is 322 g/mol. The van der Waals surface area contributed by atoms with E-state index in [0.29, 0.717) is 14.5 Å². The molecule has 0 saturated heterocycles. The number of hydrogen-bond acceptors (Lipinski definition) is 2. The molecular formula is C14H13NOSSe. The Morgan fingerprint density at radius 1 is 1.17 bits per heavy atom. The molecule has 2 nitrogen and oxygen atoms in total. The molecule has 0 aliphatic heterocycles. The van der Waals surface area contributed by atoms with Gasteiger partial charge in [-0.25, -0.2) is 0 Å². The number of nitrogens with zero attached hydrogens (tertiary/aromatic N) is 1. The maximum absolute atomic E-state index is 9.13. The van der Waals surface area contributed by atoms with Gasteiger partial charge in [-0.3, -0.25) is 0 Å². The van der Waals surface area contributed by atoms with Crippen LogP contribution in [-0.2, 0) is 13.7 Å². The molecule has 4 heteroatoms. The summed E-state index contributed by atoms with van der Waals surface area (Å²) in [5.74, 6) is 0. The van der Waals surface area contributed by atoms with E-state index in [1.807, 2.05) is 6.07 Å². The van der Waals surface area contributed by atoms with Crippen molar-refractivity contribution in [2.75, 3.05) is 0 Å². The van der Waals surface area contributed by atoms with Crippen molar-refractivity contribution in [3.63, 3.8) is 0 Å². The molecule has 3 heterocycles. The third kappa shape index (κ3) is 2.02. The molecule has 3 aromatic heterocycles. The summed E-state index contributed by atoms with van der Waals surface area (Å²) in [7, 11) is 2.11. The first-order valence-electron chi connectivity index (χ1n) is 5.69. The Bertz CT molecular complexity index is 651. The summed E-state index contributed by atoms with van der Waals surface area (Å²) in [5.41, 5.74) is 2.52. The van der Waals surface area contributed by atoms with Crippen LogP contribution in [0.1, 0.15) is 4.88 Å².